The third-order valence-corrected chi connectivity index (χ3v) is 3.19. The first-order valence-corrected chi connectivity index (χ1v) is 8.23. The molecule has 0 bridgehead atoms. The molecule has 0 aliphatic heterocycles. The first-order valence-electron chi connectivity index (χ1n) is 8.23. The van der Waals surface area contributed by atoms with E-state index in [0.717, 1.165) is 0 Å². The highest BCUT2D eigenvalue weighted by atomic mass is 15.4. The van der Waals surface area contributed by atoms with E-state index in [2.05, 4.69) is 59.3 Å². The summed E-state index contributed by atoms with van der Waals surface area (Å²) in [6.07, 6.45) is 9.29. The Morgan fingerprint density at radius 2 is 1.37 bits per heavy atom. The molecule has 19 heavy (non-hydrogen) atoms. The molecule has 0 aromatic heterocycles. The molecule has 1 saturated carbocycles. The average molecular weight is 271 g/mol. The van der Waals surface area contributed by atoms with Gasteiger partial charge in [-0.15, -0.1) is 0 Å². The highest BCUT2D eigenvalue weighted by Gasteiger charge is 2.26. The Balaban J connectivity index is 0.000000982. The van der Waals surface area contributed by atoms with E-state index in [-0.39, 0.29) is 5.54 Å². The molecule has 0 aromatic carbocycles. The molecule has 0 atom stereocenters. The third-order valence-electron chi connectivity index (χ3n) is 3.19. The Morgan fingerprint density at radius 3 is 1.79 bits per heavy atom. The predicted molar refractivity (Wildman–Crippen MR) is 87.3 cm³/mol. The highest BCUT2D eigenvalue weighted by Crippen LogP contribution is 2.26. The van der Waals surface area contributed by atoms with Gasteiger partial charge in [0.05, 0.1) is 0 Å². The predicted octanol–water partition coefficient (Wildman–Crippen LogP) is 5.04. The van der Waals surface area contributed by atoms with Crippen LogP contribution in [0.1, 0.15) is 93.4 Å². The number of hydrogen-bond donors (Lipinski definition) is 2. The van der Waals surface area contributed by atoms with Gasteiger partial charge >= 0.3 is 0 Å². The monoisotopic (exact) mass is 270 g/mol. The van der Waals surface area contributed by atoms with Gasteiger partial charge in [-0.3, -0.25) is 10.9 Å². The van der Waals surface area contributed by atoms with E-state index in [1.165, 1.54) is 44.9 Å². The largest absolute Gasteiger partial charge is 0.254 e. The first kappa shape index (κ1) is 18.9. The molecular formula is C17H38N2. The van der Waals surface area contributed by atoms with Crippen molar-refractivity contribution >= 4 is 0 Å². The Hall–Kier alpha value is -0.0800. The van der Waals surface area contributed by atoms with E-state index in [1.54, 1.807) is 0 Å². The van der Waals surface area contributed by atoms with Gasteiger partial charge in [0.2, 0.25) is 0 Å². The standard InChI is InChI=1S/C14H30N2.C3H8/c1-13(2,3)11-14(4,5)16-15-12-9-7-6-8-10-12;1-3-2/h12,15-16H,6-11H2,1-5H3;3H2,1-2H3. The van der Waals surface area contributed by atoms with Crippen LogP contribution in [0.2, 0.25) is 0 Å². The molecule has 2 N–H and O–H groups in total. The zero-order chi connectivity index (χ0) is 14.9. The number of nitrogens with one attached hydrogen (secondary N) is 2. The van der Waals surface area contributed by atoms with E-state index < -0.39 is 0 Å². The minimum atomic E-state index is 0.176. The Morgan fingerprint density at radius 1 is 0.895 bits per heavy atom. The zero-order valence-electron chi connectivity index (χ0n) is 14.5. The molecule has 0 saturated heterocycles. The fraction of sp³-hybridized carbons (Fsp3) is 1.00. The molecule has 2 heteroatoms. The lowest BCUT2D eigenvalue weighted by molar-refractivity contribution is 0.195. The fourth-order valence-corrected chi connectivity index (χ4v) is 2.91. The number of hydrogen-bond acceptors (Lipinski definition) is 2. The van der Waals surface area contributed by atoms with Crippen molar-refractivity contribution in [2.75, 3.05) is 0 Å². The topological polar surface area (TPSA) is 24.1 Å². The van der Waals surface area contributed by atoms with Crippen molar-refractivity contribution in [3.63, 3.8) is 0 Å². The van der Waals surface area contributed by atoms with Crippen molar-refractivity contribution in [2.24, 2.45) is 5.41 Å². The second kappa shape index (κ2) is 8.97. The second-order valence-electron chi connectivity index (χ2n) is 7.93. The fourth-order valence-electron chi connectivity index (χ4n) is 2.91. The Bertz CT molecular complexity index is 210. The number of rotatable bonds is 4. The summed E-state index contributed by atoms with van der Waals surface area (Å²) in [5, 5.41) is 0. The molecule has 1 aliphatic carbocycles. The van der Waals surface area contributed by atoms with Crippen LogP contribution in [0, 0.1) is 5.41 Å². The minimum Gasteiger partial charge on any atom is -0.254 e. The summed E-state index contributed by atoms with van der Waals surface area (Å²) >= 11 is 0. The average Bonchev–Trinajstić information content (AvgIpc) is 2.26. The van der Waals surface area contributed by atoms with Gasteiger partial charge in [-0.1, -0.05) is 60.3 Å². The van der Waals surface area contributed by atoms with Crippen molar-refractivity contribution in [1.29, 1.82) is 0 Å². The zero-order valence-corrected chi connectivity index (χ0v) is 14.5. The lowest BCUT2D eigenvalue weighted by Crippen LogP contribution is -2.53. The van der Waals surface area contributed by atoms with Crippen LogP contribution in [0.25, 0.3) is 0 Å². The highest BCUT2D eigenvalue weighted by molar-refractivity contribution is 4.83. The minimum absolute atomic E-state index is 0.176. The van der Waals surface area contributed by atoms with Crippen LogP contribution < -0.4 is 10.9 Å². The molecule has 0 spiro atoms. The maximum Gasteiger partial charge on any atom is 0.0272 e. The van der Waals surface area contributed by atoms with Gasteiger partial charge in [0.25, 0.3) is 0 Å². The van der Waals surface area contributed by atoms with Crippen LogP contribution >= 0.6 is 0 Å². The van der Waals surface area contributed by atoms with Crippen molar-refractivity contribution in [3.05, 3.63) is 0 Å². The molecule has 2 nitrogen and oxygen atoms in total. The van der Waals surface area contributed by atoms with Crippen LogP contribution in [0.3, 0.4) is 0 Å². The summed E-state index contributed by atoms with van der Waals surface area (Å²) in [7, 11) is 0. The molecule has 0 radical (unpaired) electrons. The van der Waals surface area contributed by atoms with Crippen LogP contribution in [0.5, 0.6) is 0 Å². The van der Waals surface area contributed by atoms with Crippen molar-refractivity contribution in [2.45, 2.75) is 105 Å². The molecule has 0 unspecified atom stereocenters. The lowest BCUT2D eigenvalue weighted by atomic mass is 9.82. The van der Waals surface area contributed by atoms with Gasteiger partial charge in [0.15, 0.2) is 0 Å². The van der Waals surface area contributed by atoms with E-state index >= 15 is 0 Å². The van der Waals surface area contributed by atoms with Crippen LogP contribution in [-0.2, 0) is 0 Å². The van der Waals surface area contributed by atoms with Crippen molar-refractivity contribution < 1.29 is 0 Å². The smallest absolute Gasteiger partial charge is 0.0272 e. The molecule has 116 valence electrons. The number of hydrazine groups is 1. The van der Waals surface area contributed by atoms with Gasteiger partial charge in [0, 0.05) is 11.6 Å². The first-order chi connectivity index (χ1) is 8.70. The molecule has 0 heterocycles. The quantitative estimate of drug-likeness (QED) is 0.699. The molecule has 1 rings (SSSR count). The summed E-state index contributed by atoms with van der Waals surface area (Å²) in [5.74, 6) is 0. The third kappa shape index (κ3) is 11.4. The van der Waals surface area contributed by atoms with E-state index in [1.807, 2.05) is 0 Å². The summed E-state index contributed by atoms with van der Waals surface area (Å²) in [6, 6.07) is 0.688. The molecular weight excluding hydrogens is 232 g/mol. The van der Waals surface area contributed by atoms with E-state index in [4.69, 9.17) is 0 Å². The molecule has 1 fully saturated rings. The van der Waals surface area contributed by atoms with Gasteiger partial charge < -0.3 is 0 Å². The maximum absolute atomic E-state index is 3.54. The van der Waals surface area contributed by atoms with E-state index in [9.17, 15) is 0 Å². The lowest BCUT2D eigenvalue weighted by Gasteiger charge is -2.36. The molecule has 0 amide bonds. The SMILES string of the molecule is CC(C)(C)CC(C)(C)NNC1CCCCC1.CCC. The summed E-state index contributed by atoms with van der Waals surface area (Å²) in [6.45, 7) is 15.7. The van der Waals surface area contributed by atoms with Gasteiger partial charge in [-0.05, 0) is 38.5 Å². The normalized spacial score (nSPS) is 17.8. The molecule has 0 aromatic rings. The van der Waals surface area contributed by atoms with Crippen molar-refractivity contribution in [1.82, 2.24) is 10.9 Å². The summed E-state index contributed by atoms with van der Waals surface area (Å²) < 4.78 is 0. The van der Waals surface area contributed by atoms with Gasteiger partial charge in [-0.2, -0.15) is 0 Å². The Kier molecular flexibility index (Phi) is 8.93. The maximum atomic E-state index is 3.54. The summed E-state index contributed by atoms with van der Waals surface area (Å²) in [4.78, 5) is 0. The van der Waals surface area contributed by atoms with E-state index in [0.29, 0.717) is 11.5 Å². The summed E-state index contributed by atoms with van der Waals surface area (Å²) in [5.41, 5.74) is 7.63. The second-order valence-corrected chi connectivity index (χ2v) is 7.93. The van der Waals surface area contributed by atoms with Crippen LogP contribution in [0.4, 0.5) is 0 Å². The Labute approximate surface area is 122 Å². The van der Waals surface area contributed by atoms with Gasteiger partial charge in [0.1, 0.15) is 0 Å². The van der Waals surface area contributed by atoms with Crippen LogP contribution in [-0.4, -0.2) is 11.6 Å². The van der Waals surface area contributed by atoms with Gasteiger partial charge in [-0.25, -0.2) is 0 Å². The van der Waals surface area contributed by atoms with Crippen molar-refractivity contribution in [3.8, 4) is 0 Å². The van der Waals surface area contributed by atoms with Crippen LogP contribution in [0.15, 0.2) is 0 Å². The molecule has 1 aliphatic rings.